The van der Waals surface area contributed by atoms with Crippen LogP contribution in [0.25, 0.3) is 0 Å². The van der Waals surface area contributed by atoms with E-state index >= 15 is 0 Å². The van der Waals surface area contributed by atoms with Gasteiger partial charge in [0.15, 0.2) is 6.67 Å². The van der Waals surface area contributed by atoms with Crippen molar-refractivity contribution in [2.45, 2.75) is 5.25 Å². The Morgan fingerprint density at radius 2 is 1.67 bits per heavy atom. The van der Waals surface area contributed by atoms with E-state index in [1.54, 1.807) is 12.4 Å². The van der Waals surface area contributed by atoms with Crippen LogP contribution in [-0.4, -0.2) is 29.9 Å². The second-order valence-electron chi connectivity index (χ2n) is 2.27. The third-order valence-corrected chi connectivity index (χ3v) is 1.96. The highest BCUT2D eigenvalue weighted by Gasteiger charge is 2.44. The van der Waals surface area contributed by atoms with Crippen LogP contribution >= 0.6 is 0 Å². The third-order valence-electron chi connectivity index (χ3n) is 1.10. The van der Waals surface area contributed by atoms with E-state index in [0.29, 0.717) is 0 Å². The minimum atomic E-state index is -5.56. The first-order chi connectivity index (χ1) is 6.81. The highest BCUT2D eigenvalue weighted by molar-refractivity contribution is 7.86. The van der Waals surface area contributed by atoms with E-state index in [2.05, 4.69) is 4.98 Å². The highest BCUT2D eigenvalue weighted by Crippen LogP contribution is 2.19. The zero-order valence-electron chi connectivity index (χ0n) is 7.35. The maximum Gasteiger partial charge on any atom is 0.397 e. The summed E-state index contributed by atoms with van der Waals surface area (Å²) in [5.41, 5.74) is 0. The Morgan fingerprint density at radius 1 is 1.20 bits per heavy atom. The van der Waals surface area contributed by atoms with Crippen molar-refractivity contribution in [3.8, 4) is 0 Å². The number of halogens is 3. The van der Waals surface area contributed by atoms with Gasteiger partial charge in [-0.15, -0.1) is 0 Å². The lowest BCUT2D eigenvalue weighted by atomic mass is 10.5. The minimum absolute atomic E-state index is 1.75. The first kappa shape index (κ1) is 13.8. The van der Waals surface area contributed by atoms with Crippen LogP contribution in [0.15, 0.2) is 30.6 Å². The Balaban J connectivity index is 0.000000280. The molecule has 1 rings (SSSR count). The van der Waals surface area contributed by atoms with Crippen LogP contribution in [-0.2, 0) is 10.1 Å². The molecular formula is C7H8F3NO3S. The van der Waals surface area contributed by atoms with Gasteiger partial charge in [0.05, 0.1) is 0 Å². The molecule has 1 aromatic heterocycles. The van der Waals surface area contributed by atoms with Crippen LogP contribution in [0.1, 0.15) is 0 Å². The summed E-state index contributed by atoms with van der Waals surface area (Å²) >= 11 is 0. The van der Waals surface area contributed by atoms with Gasteiger partial charge in [-0.3, -0.25) is 9.54 Å². The molecule has 1 N–H and O–H groups in total. The fourth-order valence-corrected chi connectivity index (χ4v) is 0.519. The molecule has 86 valence electrons. The second-order valence-corrected chi connectivity index (χ2v) is 3.82. The van der Waals surface area contributed by atoms with Crippen molar-refractivity contribution < 1.29 is 26.1 Å². The summed E-state index contributed by atoms with van der Waals surface area (Å²) in [5.74, 6) is 0. The van der Waals surface area contributed by atoms with Gasteiger partial charge >= 0.3 is 15.4 Å². The summed E-state index contributed by atoms with van der Waals surface area (Å²) < 4.78 is 60.3. The molecule has 1 heterocycles. The number of nitrogens with zero attached hydrogens (tertiary/aromatic N) is 1. The van der Waals surface area contributed by atoms with Gasteiger partial charge in [-0.2, -0.15) is 17.2 Å². The molecule has 0 aliphatic carbocycles. The molecule has 0 atom stereocenters. The molecule has 0 saturated heterocycles. The molecule has 0 saturated carbocycles. The Hall–Kier alpha value is -1.15. The Kier molecular flexibility index (Phi) is 5.23. The Morgan fingerprint density at radius 3 is 1.73 bits per heavy atom. The van der Waals surface area contributed by atoms with Crippen molar-refractivity contribution in [2.75, 3.05) is 6.67 Å². The van der Waals surface area contributed by atoms with Gasteiger partial charge in [-0.1, -0.05) is 6.07 Å². The number of hydrogen-bond acceptors (Lipinski definition) is 3. The van der Waals surface area contributed by atoms with E-state index in [1.807, 2.05) is 18.2 Å². The zero-order valence-corrected chi connectivity index (χ0v) is 8.16. The van der Waals surface area contributed by atoms with Gasteiger partial charge < -0.3 is 0 Å². The summed E-state index contributed by atoms with van der Waals surface area (Å²) in [6, 6.07) is 5.72. The molecule has 0 bridgehead atoms. The number of rotatable bonds is 2. The van der Waals surface area contributed by atoms with E-state index in [0.717, 1.165) is 0 Å². The largest absolute Gasteiger partial charge is 0.397 e. The Bertz CT molecular complexity index is 342. The van der Waals surface area contributed by atoms with E-state index in [1.165, 1.54) is 0 Å². The van der Waals surface area contributed by atoms with Crippen LogP contribution in [0.2, 0.25) is 0 Å². The average molecular weight is 243 g/mol. The third kappa shape index (κ3) is 5.33. The van der Waals surface area contributed by atoms with Crippen molar-refractivity contribution >= 4 is 10.1 Å². The Labute approximate surface area is 84.5 Å². The molecule has 0 fully saturated rings. The molecule has 0 aliphatic heterocycles. The lowest BCUT2D eigenvalue weighted by Gasteiger charge is -2.05. The molecule has 0 unspecified atom stereocenters. The summed E-state index contributed by atoms with van der Waals surface area (Å²) in [6.45, 7) is -2.41. The van der Waals surface area contributed by atoms with Gasteiger partial charge in [0.2, 0.25) is 0 Å². The monoisotopic (exact) mass is 243 g/mol. The minimum Gasteiger partial charge on any atom is -0.281 e. The first-order valence-corrected chi connectivity index (χ1v) is 5.01. The van der Waals surface area contributed by atoms with Crippen molar-refractivity contribution in [3.63, 3.8) is 0 Å². The average Bonchev–Trinajstić information content (AvgIpc) is 2.20. The predicted octanol–water partition coefficient (Wildman–Crippen LogP) is 1.52. The van der Waals surface area contributed by atoms with Crippen molar-refractivity contribution in [3.05, 3.63) is 30.6 Å². The molecule has 1 aromatic rings. The van der Waals surface area contributed by atoms with Crippen LogP contribution < -0.4 is 0 Å². The van der Waals surface area contributed by atoms with Crippen molar-refractivity contribution in [1.82, 2.24) is 4.98 Å². The van der Waals surface area contributed by atoms with Gasteiger partial charge in [-0.25, -0.2) is 4.39 Å². The van der Waals surface area contributed by atoms with E-state index in [4.69, 9.17) is 4.55 Å². The normalized spacial score (nSPS) is 11.5. The molecule has 0 radical (unpaired) electrons. The predicted molar refractivity (Wildman–Crippen MR) is 46.7 cm³/mol. The molecule has 15 heavy (non-hydrogen) atoms. The zero-order chi connectivity index (χ0) is 11.9. The number of pyridine rings is 1. The number of hydrogen-bond donors (Lipinski definition) is 1. The molecule has 4 nitrogen and oxygen atoms in total. The van der Waals surface area contributed by atoms with Crippen LogP contribution in [0, 0.1) is 0 Å². The fraction of sp³-hybridized carbons (Fsp3) is 0.286. The lowest BCUT2D eigenvalue weighted by molar-refractivity contribution is 0.0526. The molecule has 0 spiro atoms. The summed E-state index contributed by atoms with van der Waals surface area (Å²) in [7, 11) is -5.56. The topological polar surface area (TPSA) is 67.3 Å². The van der Waals surface area contributed by atoms with Gasteiger partial charge in [-0.05, 0) is 12.1 Å². The molecule has 0 aromatic carbocycles. The number of aromatic nitrogens is 1. The molecule has 0 aliphatic rings. The van der Waals surface area contributed by atoms with Gasteiger partial charge in [0.1, 0.15) is 0 Å². The van der Waals surface area contributed by atoms with Crippen LogP contribution in [0.5, 0.6) is 0 Å². The molecular weight excluding hydrogens is 235 g/mol. The smallest absolute Gasteiger partial charge is 0.281 e. The van der Waals surface area contributed by atoms with Gasteiger partial charge in [0, 0.05) is 12.4 Å². The number of alkyl halides is 3. The molecule has 0 amide bonds. The standard InChI is InChI=1S/C5H5N.C2H3F3O3S/c1-2-4-6-5-3-1;3-1-2(4,5)9(6,7)8/h1-5H;1H2,(H,6,7,8). The second kappa shape index (κ2) is 5.66. The summed E-state index contributed by atoms with van der Waals surface area (Å²) in [4.78, 5) is 3.78. The summed E-state index contributed by atoms with van der Waals surface area (Å²) in [6.07, 6.45) is 3.50. The van der Waals surface area contributed by atoms with E-state index in [-0.39, 0.29) is 0 Å². The maximum absolute atomic E-state index is 11.4. The van der Waals surface area contributed by atoms with E-state index in [9.17, 15) is 21.6 Å². The summed E-state index contributed by atoms with van der Waals surface area (Å²) in [5, 5.41) is -4.66. The quantitative estimate of drug-likeness (QED) is 0.799. The molecule has 8 heteroatoms. The van der Waals surface area contributed by atoms with E-state index < -0.39 is 22.0 Å². The van der Waals surface area contributed by atoms with Gasteiger partial charge in [0.25, 0.3) is 0 Å². The first-order valence-electron chi connectivity index (χ1n) is 3.57. The van der Waals surface area contributed by atoms with Crippen molar-refractivity contribution in [1.29, 1.82) is 0 Å². The highest BCUT2D eigenvalue weighted by atomic mass is 32.2. The van der Waals surface area contributed by atoms with Crippen molar-refractivity contribution in [2.24, 2.45) is 0 Å². The lowest BCUT2D eigenvalue weighted by Crippen LogP contribution is -2.30. The fourth-order valence-electron chi connectivity index (χ4n) is 0.382. The SMILES string of the molecule is O=S(=O)(O)C(F)(F)CF.c1ccncc1. The van der Waals surface area contributed by atoms with Crippen LogP contribution in [0.3, 0.4) is 0 Å². The maximum atomic E-state index is 11.4. The van der Waals surface area contributed by atoms with Crippen LogP contribution in [0.4, 0.5) is 13.2 Å².